The van der Waals surface area contributed by atoms with Gasteiger partial charge in [-0.3, -0.25) is 14.4 Å². The fourth-order valence-corrected chi connectivity index (χ4v) is 8.20. The summed E-state index contributed by atoms with van der Waals surface area (Å²) in [5.41, 5.74) is 0. The Morgan fingerprint density at radius 2 is 0.548 bits per heavy atom. The number of unbranched alkanes of at least 4 members (excludes halogenated alkanes) is 25. The fraction of sp³-hybridized carbons (Fsp3) is 0.687. The topological polar surface area (TPSA) is 78.9 Å². The Balaban J connectivity index is 4.01. The van der Waals surface area contributed by atoms with Gasteiger partial charge in [-0.1, -0.05) is 265 Å². The molecule has 1 atom stereocenters. The van der Waals surface area contributed by atoms with Crippen LogP contribution in [0.15, 0.2) is 109 Å². The van der Waals surface area contributed by atoms with Crippen LogP contribution in [-0.4, -0.2) is 37.2 Å². The molecule has 0 heterocycles. The average molecular weight is 1010 g/mol. The smallest absolute Gasteiger partial charge is 0.306 e. The molecular formula is C67H112O6. The molecule has 0 aromatic carbocycles. The van der Waals surface area contributed by atoms with Crippen molar-refractivity contribution in [3.8, 4) is 0 Å². The van der Waals surface area contributed by atoms with E-state index in [1.165, 1.54) is 109 Å². The number of allylic oxidation sites excluding steroid dienone is 18. The van der Waals surface area contributed by atoms with Gasteiger partial charge in [-0.05, 0) is 103 Å². The van der Waals surface area contributed by atoms with Gasteiger partial charge in [-0.2, -0.15) is 0 Å². The van der Waals surface area contributed by atoms with Crippen molar-refractivity contribution in [1.29, 1.82) is 0 Å². The Bertz CT molecular complexity index is 1490. The number of esters is 3. The molecule has 0 amide bonds. The summed E-state index contributed by atoms with van der Waals surface area (Å²) in [6, 6.07) is 0. The van der Waals surface area contributed by atoms with Crippen molar-refractivity contribution in [3.63, 3.8) is 0 Å². The van der Waals surface area contributed by atoms with Gasteiger partial charge in [0.2, 0.25) is 0 Å². The van der Waals surface area contributed by atoms with E-state index in [1.807, 2.05) is 0 Å². The highest BCUT2D eigenvalue weighted by molar-refractivity contribution is 5.71. The van der Waals surface area contributed by atoms with E-state index in [0.717, 1.165) is 128 Å². The van der Waals surface area contributed by atoms with Crippen LogP contribution < -0.4 is 0 Å². The highest BCUT2D eigenvalue weighted by atomic mass is 16.6. The second-order valence-corrected chi connectivity index (χ2v) is 19.9. The number of hydrogen-bond acceptors (Lipinski definition) is 6. The first-order chi connectivity index (χ1) is 36.0. The van der Waals surface area contributed by atoms with Crippen molar-refractivity contribution in [2.24, 2.45) is 0 Å². The van der Waals surface area contributed by atoms with Gasteiger partial charge in [0.15, 0.2) is 6.10 Å². The highest BCUT2D eigenvalue weighted by Crippen LogP contribution is 2.15. The van der Waals surface area contributed by atoms with Gasteiger partial charge < -0.3 is 14.2 Å². The molecular weight excluding hydrogens is 901 g/mol. The molecule has 0 saturated carbocycles. The summed E-state index contributed by atoms with van der Waals surface area (Å²) >= 11 is 0. The lowest BCUT2D eigenvalue weighted by Gasteiger charge is -2.18. The quantitative estimate of drug-likeness (QED) is 0.0261. The second-order valence-electron chi connectivity index (χ2n) is 19.9. The molecule has 6 nitrogen and oxygen atoms in total. The molecule has 0 radical (unpaired) electrons. The van der Waals surface area contributed by atoms with Crippen molar-refractivity contribution >= 4 is 17.9 Å². The van der Waals surface area contributed by atoms with E-state index in [9.17, 15) is 14.4 Å². The van der Waals surface area contributed by atoms with E-state index in [-0.39, 0.29) is 31.1 Å². The second kappa shape index (κ2) is 60.6. The SMILES string of the molecule is CC/C=C\C/C=C\C/C=C\C/C=C\C/C=C\C/C=C\C/C=C\CCCCCCCCCCCCCCCC(=O)OCC(COC(=O)CCCCCCCC)OC(=O)CCCCCCC/C=C\C/C=C\CCCC. The minimum Gasteiger partial charge on any atom is -0.462 e. The monoisotopic (exact) mass is 1010 g/mol. The standard InChI is InChI=1S/C67H112O6/c1-4-7-10-13-16-18-20-22-24-25-26-27-28-29-30-31-32-33-34-35-36-37-38-39-40-41-42-43-44-46-47-49-51-54-57-60-66(69)72-63-64(62-71-65(68)59-56-53-15-12-9-6-3)73-67(70)61-58-55-52-50-48-45-23-21-19-17-14-11-8-5-2/h7,10,14,16-18,21-24,26-27,29-30,32-33,35-36,64H,4-6,8-9,11-13,15,19-20,25,28,31,34,37-63H2,1-3H3/b10-7-,17-14-,18-16-,23-21-,24-22-,27-26-,30-29-,33-32-,36-35-. The summed E-state index contributed by atoms with van der Waals surface area (Å²) in [7, 11) is 0. The average Bonchev–Trinajstić information content (AvgIpc) is 3.39. The maximum Gasteiger partial charge on any atom is 0.306 e. The van der Waals surface area contributed by atoms with Crippen LogP contribution in [0.25, 0.3) is 0 Å². The minimum absolute atomic E-state index is 0.0825. The third-order valence-electron chi connectivity index (χ3n) is 12.8. The first-order valence-corrected chi connectivity index (χ1v) is 30.4. The number of carbonyl (C=O) groups excluding carboxylic acids is 3. The summed E-state index contributed by atoms with van der Waals surface area (Å²) < 4.78 is 16.7. The lowest BCUT2D eigenvalue weighted by molar-refractivity contribution is -0.167. The van der Waals surface area contributed by atoms with Crippen LogP contribution in [-0.2, 0) is 28.6 Å². The number of hydrogen-bond donors (Lipinski definition) is 0. The summed E-state index contributed by atoms with van der Waals surface area (Å²) in [5, 5.41) is 0. The number of rotatable bonds is 54. The molecule has 0 spiro atoms. The molecule has 0 bridgehead atoms. The normalized spacial score (nSPS) is 12.9. The van der Waals surface area contributed by atoms with Gasteiger partial charge in [0.25, 0.3) is 0 Å². The van der Waals surface area contributed by atoms with Crippen LogP contribution in [0.1, 0.15) is 278 Å². The molecule has 0 N–H and O–H groups in total. The largest absolute Gasteiger partial charge is 0.462 e. The van der Waals surface area contributed by atoms with E-state index < -0.39 is 6.10 Å². The molecule has 0 aliphatic heterocycles. The van der Waals surface area contributed by atoms with Crippen LogP contribution >= 0.6 is 0 Å². The van der Waals surface area contributed by atoms with Crippen LogP contribution in [0.4, 0.5) is 0 Å². The molecule has 1 unspecified atom stereocenters. The summed E-state index contributed by atoms with van der Waals surface area (Å²) in [6.45, 7) is 6.41. The molecule has 416 valence electrons. The highest BCUT2D eigenvalue weighted by Gasteiger charge is 2.19. The van der Waals surface area contributed by atoms with Crippen molar-refractivity contribution < 1.29 is 28.6 Å². The van der Waals surface area contributed by atoms with Gasteiger partial charge in [0.05, 0.1) is 0 Å². The predicted molar refractivity (Wildman–Crippen MR) is 316 cm³/mol. The van der Waals surface area contributed by atoms with Gasteiger partial charge in [-0.15, -0.1) is 0 Å². The first-order valence-electron chi connectivity index (χ1n) is 30.4. The van der Waals surface area contributed by atoms with Crippen LogP contribution in [0.5, 0.6) is 0 Å². The van der Waals surface area contributed by atoms with Gasteiger partial charge in [0.1, 0.15) is 13.2 Å². The van der Waals surface area contributed by atoms with Gasteiger partial charge in [0, 0.05) is 19.3 Å². The molecule has 6 heteroatoms. The van der Waals surface area contributed by atoms with Crippen molar-refractivity contribution in [2.45, 2.75) is 284 Å². The van der Waals surface area contributed by atoms with Crippen molar-refractivity contribution in [3.05, 3.63) is 109 Å². The van der Waals surface area contributed by atoms with E-state index in [4.69, 9.17) is 14.2 Å². The van der Waals surface area contributed by atoms with Crippen LogP contribution in [0, 0.1) is 0 Å². The Morgan fingerprint density at radius 1 is 0.288 bits per heavy atom. The third kappa shape index (κ3) is 58.8. The van der Waals surface area contributed by atoms with E-state index in [2.05, 4.69) is 130 Å². The minimum atomic E-state index is -0.781. The maximum absolute atomic E-state index is 12.8. The van der Waals surface area contributed by atoms with Gasteiger partial charge >= 0.3 is 17.9 Å². The maximum atomic E-state index is 12.8. The fourth-order valence-electron chi connectivity index (χ4n) is 8.20. The zero-order valence-corrected chi connectivity index (χ0v) is 47.6. The molecule has 0 aliphatic carbocycles. The lowest BCUT2D eigenvalue weighted by Crippen LogP contribution is -2.30. The molecule has 0 fully saturated rings. The summed E-state index contributed by atoms with van der Waals surface area (Å²) in [6.07, 6.45) is 82.7. The Kier molecular flexibility index (Phi) is 57.4. The molecule has 0 aromatic heterocycles. The van der Waals surface area contributed by atoms with Crippen molar-refractivity contribution in [2.75, 3.05) is 13.2 Å². The van der Waals surface area contributed by atoms with E-state index in [0.29, 0.717) is 19.3 Å². The lowest BCUT2D eigenvalue weighted by atomic mass is 10.0. The van der Waals surface area contributed by atoms with Gasteiger partial charge in [-0.25, -0.2) is 0 Å². The molecule has 73 heavy (non-hydrogen) atoms. The first kappa shape index (κ1) is 69.1. The Labute approximate surface area is 450 Å². The summed E-state index contributed by atoms with van der Waals surface area (Å²) in [4.78, 5) is 37.9. The molecule has 0 aromatic rings. The number of ether oxygens (including phenoxy) is 3. The van der Waals surface area contributed by atoms with Crippen molar-refractivity contribution in [1.82, 2.24) is 0 Å². The third-order valence-corrected chi connectivity index (χ3v) is 12.8. The van der Waals surface area contributed by atoms with E-state index in [1.54, 1.807) is 0 Å². The Morgan fingerprint density at radius 3 is 0.877 bits per heavy atom. The summed E-state index contributed by atoms with van der Waals surface area (Å²) in [5.74, 6) is -0.906. The number of carbonyl (C=O) groups is 3. The Hall–Kier alpha value is -3.93. The van der Waals surface area contributed by atoms with E-state index >= 15 is 0 Å². The molecule has 0 rings (SSSR count). The predicted octanol–water partition coefficient (Wildman–Crippen LogP) is 20.7. The van der Waals surface area contributed by atoms with Crippen LogP contribution in [0.3, 0.4) is 0 Å². The molecule has 0 aliphatic rings. The van der Waals surface area contributed by atoms with Crippen LogP contribution in [0.2, 0.25) is 0 Å². The molecule has 0 saturated heterocycles. The zero-order chi connectivity index (χ0) is 52.9. The zero-order valence-electron chi connectivity index (χ0n) is 47.6.